The van der Waals surface area contributed by atoms with Gasteiger partial charge >= 0.3 is 0 Å². The highest BCUT2D eigenvalue weighted by molar-refractivity contribution is 5.97. The van der Waals surface area contributed by atoms with Gasteiger partial charge in [0.15, 0.2) is 5.96 Å². The minimum absolute atomic E-state index is 0.0114. The van der Waals surface area contributed by atoms with Crippen molar-refractivity contribution in [3.8, 4) is 0 Å². The first-order valence-electron chi connectivity index (χ1n) is 22.5. The molecule has 0 aliphatic carbocycles. The van der Waals surface area contributed by atoms with Gasteiger partial charge in [-0.05, 0) is 50.3 Å². The number of primary amides is 1. The van der Waals surface area contributed by atoms with Crippen LogP contribution in [0.2, 0.25) is 0 Å². The van der Waals surface area contributed by atoms with Gasteiger partial charge in [0.1, 0.15) is 42.3 Å². The molecule has 2 aromatic heterocycles. The SMILES string of the molecule is CCCC[C@H](NC(C)=O)C(=O)N[C@@H](C)C(=O)N[C@@H](Cc1cnc[nH]1)C(=O)N[C@H](Cc1ccccc1)C(=O)N[C@@H](CCCN=C(N)N)C(=O)N[C@@H](C)C(=O)N[C@H](Cc1c[nH]c2ccccc12)C(N)=O. The number of guanidine groups is 1. The van der Waals surface area contributed by atoms with Crippen LogP contribution in [0.1, 0.15) is 76.6 Å². The molecule has 0 aliphatic heterocycles. The zero-order valence-electron chi connectivity index (χ0n) is 38.7. The van der Waals surface area contributed by atoms with Crippen LogP contribution in [-0.2, 0) is 57.6 Å². The molecule has 0 radical (unpaired) electrons. The maximum absolute atomic E-state index is 14.3. The zero-order chi connectivity index (χ0) is 49.8. The molecule has 2 heterocycles. The number of para-hydroxylation sites is 1. The standard InChI is InChI=1S/C46H64N14O8/c1-5-6-16-34(56-28(4)61)42(65)54-27(3)41(64)59-38(22-31-24-50-25-53-31)45(68)60-37(20-29-13-8-7-9-14-29)44(67)57-35(18-12-19-51-46(48)49)43(66)55-26(2)40(63)58-36(39(47)62)21-30-23-52-33-17-11-10-15-32(30)33/h7-11,13-15,17,23-27,34-38,52H,5-6,12,16,18-22H2,1-4H3,(H2,47,62)(H,50,53)(H,54,65)(H,55,66)(H,56,61)(H,57,67)(H,58,63)(H,59,64)(H,60,68)(H4,48,49,51)/t26-,27-,34-,35-,36+,37+,38-/m0/s1. The summed E-state index contributed by atoms with van der Waals surface area (Å²) in [4.78, 5) is 121. The number of hydrogen-bond donors (Lipinski definition) is 12. The Morgan fingerprint density at radius 1 is 0.618 bits per heavy atom. The molecular formula is C46H64N14O8. The van der Waals surface area contributed by atoms with Gasteiger partial charge in [-0.15, -0.1) is 0 Å². The lowest BCUT2D eigenvalue weighted by Gasteiger charge is -2.27. The van der Waals surface area contributed by atoms with Crippen molar-refractivity contribution in [2.24, 2.45) is 22.2 Å². The first kappa shape index (κ1) is 52.8. The van der Waals surface area contributed by atoms with Crippen LogP contribution in [0.3, 0.4) is 0 Å². The number of fused-ring (bicyclic) bond motifs is 1. The molecule has 0 fully saturated rings. The van der Waals surface area contributed by atoms with Gasteiger partial charge in [0.2, 0.25) is 47.3 Å². The Balaban J connectivity index is 1.53. The third-order valence-corrected chi connectivity index (χ3v) is 10.9. The van der Waals surface area contributed by atoms with E-state index in [9.17, 15) is 38.4 Å². The number of hydrogen-bond acceptors (Lipinski definition) is 10. The molecule has 0 unspecified atom stereocenters. The Morgan fingerprint density at radius 3 is 1.75 bits per heavy atom. The van der Waals surface area contributed by atoms with E-state index in [1.54, 1.807) is 36.5 Å². The average molecular weight is 941 g/mol. The van der Waals surface area contributed by atoms with Crippen LogP contribution in [-0.4, -0.2) is 117 Å². The Hall–Kier alpha value is -7.78. The van der Waals surface area contributed by atoms with E-state index in [0.29, 0.717) is 24.1 Å². The number of carbonyl (C=O) groups is 8. The average Bonchev–Trinajstić information content (AvgIpc) is 3.98. The van der Waals surface area contributed by atoms with Crippen LogP contribution in [0, 0.1) is 0 Å². The lowest BCUT2D eigenvalue weighted by atomic mass is 10.0. The van der Waals surface area contributed by atoms with Crippen molar-refractivity contribution in [1.29, 1.82) is 0 Å². The fourth-order valence-corrected chi connectivity index (χ4v) is 7.22. The van der Waals surface area contributed by atoms with Gasteiger partial charge in [-0.1, -0.05) is 68.3 Å². The molecule has 2 aromatic carbocycles. The topological polar surface area (TPSA) is 356 Å². The second kappa shape index (κ2) is 26.4. The van der Waals surface area contributed by atoms with Crippen molar-refractivity contribution in [3.05, 3.63) is 90.1 Å². The number of aliphatic imine (C=N–C) groups is 1. The zero-order valence-corrected chi connectivity index (χ0v) is 38.7. The molecule has 68 heavy (non-hydrogen) atoms. The largest absolute Gasteiger partial charge is 0.370 e. The molecule has 0 saturated carbocycles. The number of nitrogens with one attached hydrogen (secondary N) is 9. The second-order valence-corrected chi connectivity index (χ2v) is 16.5. The van der Waals surface area contributed by atoms with Gasteiger partial charge in [-0.25, -0.2) is 4.98 Å². The van der Waals surface area contributed by atoms with E-state index in [1.165, 1.54) is 33.3 Å². The van der Waals surface area contributed by atoms with E-state index in [-0.39, 0.29) is 44.6 Å². The first-order valence-corrected chi connectivity index (χ1v) is 22.5. The molecule has 7 atom stereocenters. The van der Waals surface area contributed by atoms with Crippen LogP contribution < -0.4 is 54.4 Å². The van der Waals surface area contributed by atoms with Crippen molar-refractivity contribution in [3.63, 3.8) is 0 Å². The molecule has 8 amide bonds. The summed E-state index contributed by atoms with van der Waals surface area (Å²) in [5.74, 6) is -5.73. The predicted molar refractivity (Wildman–Crippen MR) is 254 cm³/mol. The Morgan fingerprint density at radius 2 is 1.16 bits per heavy atom. The number of aromatic amines is 2. The molecular weight excluding hydrogens is 877 g/mol. The van der Waals surface area contributed by atoms with Gasteiger partial charge in [0.25, 0.3) is 0 Å². The van der Waals surface area contributed by atoms with E-state index < -0.39 is 89.6 Å². The fourth-order valence-electron chi connectivity index (χ4n) is 7.22. The highest BCUT2D eigenvalue weighted by atomic mass is 16.2. The quantitative estimate of drug-likeness (QED) is 0.0198. The molecule has 4 aromatic rings. The number of nitrogens with two attached hydrogens (primary N) is 3. The normalized spacial score (nSPS) is 14.1. The lowest BCUT2D eigenvalue weighted by molar-refractivity contribution is -0.135. The van der Waals surface area contributed by atoms with Crippen molar-refractivity contribution in [1.82, 2.24) is 52.2 Å². The molecule has 0 bridgehead atoms. The number of nitrogens with zero attached hydrogens (tertiary/aromatic N) is 2. The van der Waals surface area contributed by atoms with Gasteiger partial charge in [0.05, 0.1) is 6.33 Å². The van der Waals surface area contributed by atoms with Gasteiger partial charge < -0.3 is 64.4 Å². The van der Waals surface area contributed by atoms with Gasteiger partial charge in [-0.2, -0.15) is 0 Å². The number of rotatable bonds is 27. The number of benzene rings is 2. The lowest BCUT2D eigenvalue weighted by Crippen LogP contribution is -2.60. The molecule has 366 valence electrons. The van der Waals surface area contributed by atoms with Crippen molar-refractivity contribution in [2.75, 3.05) is 6.54 Å². The molecule has 0 spiro atoms. The maximum atomic E-state index is 14.3. The van der Waals surface area contributed by atoms with Gasteiger partial charge in [0, 0.05) is 61.7 Å². The summed E-state index contributed by atoms with van der Waals surface area (Å²) in [6.45, 7) is 6.15. The summed E-state index contributed by atoms with van der Waals surface area (Å²) in [6, 6.07) is 7.90. The van der Waals surface area contributed by atoms with Crippen LogP contribution in [0.15, 0.2) is 78.3 Å². The van der Waals surface area contributed by atoms with Crippen LogP contribution in [0.25, 0.3) is 10.9 Å². The van der Waals surface area contributed by atoms with Crippen LogP contribution >= 0.6 is 0 Å². The number of imidazole rings is 1. The summed E-state index contributed by atoms with van der Waals surface area (Å²) in [5.41, 5.74) is 19.4. The van der Waals surface area contributed by atoms with Gasteiger partial charge in [-0.3, -0.25) is 43.3 Å². The number of H-pyrrole nitrogens is 2. The fraction of sp³-hybridized carbons (Fsp3) is 0.435. The third-order valence-electron chi connectivity index (χ3n) is 10.9. The molecule has 15 N–H and O–H groups in total. The molecule has 22 nitrogen and oxygen atoms in total. The Kier molecular flexibility index (Phi) is 20.5. The predicted octanol–water partition coefficient (Wildman–Crippen LogP) is -0.899. The van der Waals surface area contributed by atoms with Crippen molar-refractivity contribution >= 4 is 64.1 Å². The highest BCUT2D eigenvalue weighted by Crippen LogP contribution is 2.19. The molecule has 22 heteroatoms. The van der Waals surface area contributed by atoms with Crippen molar-refractivity contribution < 1.29 is 38.4 Å². The second-order valence-electron chi connectivity index (χ2n) is 16.5. The smallest absolute Gasteiger partial charge is 0.243 e. The van der Waals surface area contributed by atoms with E-state index in [1.807, 2.05) is 31.2 Å². The minimum Gasteiger partial charge on any atom is -0.370 e. The Labute approximate surface area is 394 Å². The number of unbranched alkanes of at least 4 members (excludes halogenated alkanes) is 1. The maximum Gasteiger partial charge on any atom is 0.243 e. The molecule has 4 rings (SSSR count). The van der Waals surface area contributed by atoms with E-state index >= 15 is 0 Å². The summed E-state index contributed by atoms with van der Waals surface area (Å²) < 4.78 is 0. The number of aromatic nitrogens is 3. The monoisotopic (exact) mass is 941 g/mol. The van der Waals surface area contributed by atoms with Crippen LogP contribution in [0.5, 0.6) is 0 Å². The summed E-state index contributed by atoms with van der Waals surface area (Å²) >= 11 is 0. The molecule has 0 aliphatic rings. The number of carbonyl (C=O) groups excluding carboxylic acids is 8. The number of amides is 8. The minimum atomic E-state index is -1.32. The van der Waals surface area contributed by atoms with E-state index in [0.717, 1.165) is 22.9 Å². The van der Waals surface area contributed by atoms with Crippen LogP contribution in [0.4, 0.5) is 0 Å². The third kappa shape index (κ3) is 16.9. The first-order chi connectivity index (χ1) is 32.4. The highest BCUT2D eigenvalue weighted by Gasteiger charge is 2.33. The summed E-state index contributed by atoms with van der Waals surface area (Å²) in [5, 5.41) is 19.4. The Bertz CT molecular complexity index is 2370. The van der Waals surface area contributed by atoms with E-state index in [2.05, 4.69) is 57.2 Å². The summed E-state index contributed by atoms with van der Waals surface area (Å²) in [6.07, 6.45) is 6.46. The van der Waals surface area contributed by atoms with E-state index in [4.69, 9.17) is 17.2 Å². The molecule has 0 saturated heterocycles. The van der Waals surface area contributed by atoms with Crippen molar-refractivity contribution in [2.45, 2.75) is 121 Å². The summed E-state index contributed by atoms with van der Waals surface area (Å²) in [7, 11) is 0.